The molecule has 1 aliphatic heterocycles. The van der Waals surface area contributed by atoms with E-state index in [0.29, 0.717) is 12.8 Å². The van der Waals surface area contributed by atoms with Crippen molar-refractivity contribution in [1.29, 1.82) is 0 Å². The Balaban J connectivity index is 2.43. The lowest BCUT2D eigenvalue weighted by atomic mass is 10.2. The number of hydrogen-bond donors (Lipinski definition) is 0. The maximum Gasteiger partial charge on any atom is 0.243 e. The number of benzene rings is 1. The highest BCUT2D eigenvalue weighted by atomic mass is 79.9. The predicted molar refractivity (Wildman–Crippen MR) is 90.0 cm³/mol. The Morgan fingerprint density at radius 2 is 1.91 bits per heavy atom. The molecule has 0 radical (unpaired) electrons. The normalized spacial score (nSPS) is 22.8. The summed E-state index contributed by atoms with van der Waals surface area (Å²) < 4.78 is 51.6. The van der Waals surface area contributed by atoms with Gasteiger partial charge in [-0.1, -0.05) is 22.9 Å². The Hall–Kier alpha value is -0.440. The minimum atomic E-state index is -3.71. The van der Waals surface area contributed by atoms with Crippen molar-refractivity contribution < 1.29 is 16.8 Å². The monoisotopic (exact) mass is 409 g/mol. The second-order valence-corrected chi connectivity index (χ2v) is 10.6. The number of halogens is 1. The summed E-state index contributed by atoms with van der Waals surface area (Å²) >= 11 is 3.29. The Kier molecular flexibility index (Phi) is 5.36. The Bertz CT molecular complexity index is 729. The predicted octanol–water partition coefficient (Wildman–Crippen LogP) is 2.43. The molecule has 0 N–H and O–H groups in total. The third-order valence-corrected chi connectivity index (χ3v) is 8.34. The van der Waals surface area contributed by atoms with Gasteiger partial charge in [-0.15, -0.1) is 0 Å². The zero-order valence-electron chi connectivity index (χ0n) is 12.6. The van der Waals surface area contributed by atoms with E-state index in [1.165, 1.54) is 16.4 Å². The molecule has 0 aliphatic carbocycles. The second kappa shape index (κ2) is 6.59. The van der Waals surface area contributed by atoms with E-state index in [1.807, 2.05) is 13.8 Å². The number of sulfone groups is 1. The van der Waals surface area contributed by atoms with E-state index in [-0.39, 0.29) is 22.4 Å². The van der Waals surface area contributed by atoms with E-state index in [9.17, 15) is 16.8 Å². The van der Waals surface area contributed by atoms with E-state index in [2.05, 4.69) is 15.9 Å². The van der Waals surface area contributed by atoms with Gasteiger partial charge in [-0.05, 0) is 44.0 Å². The fraction of sp³-hybridized carbons (Fsp3) is 0.571. The van der Waals surface area contributed by atoms with Crippen molar-refractivity contribution in [3.8, 4) is 0 Å². The second-order valence-electron chi connectivity index (χ2n) is 5.60. The smallest absolute Gasteiger partial charge is 0.229 e. The van der Waals surface area contributed by atoms with Crippen LogP contribution in [0.1, 0.15) is 26.7 Å². The van der Waals surface area contributed by atoms with Crippen LogP contribution in [-0.4, -0.2) is 44.7 Å². The molecule has 2 atom stereocenters. The summed E-state index contributed by atoms with van der Waals surface area (Å²) in [5.74, 6) is -0.0342. The van der Waals surface area contributed by atoms with Gasteiger partial charge >= 0.3 is 0 Å². The molecule has 0 aromatic heterocycles. The van der Waals surface area contributed by atoms with Gasteiger partial charge in [0, 0.05) is 16.6 Å². The van der Waals surface area contributed by atoms with Crippen molar-refractivity contribution in [1.82, 2.24) is 4.31 Å². The van der Waals surface area contributed by atoms with Crippen LogP contribution >= 0.6 is 15.9 Å². The molecule has 8 heteroatoms. The molecule has 1 saturated heterocycles. The van der Waals surface area contributed by atoms with E-state index in [4.69, 9.17) is 0 Å². The van der Waals surface area contributed by atoms with Crippen molar-refractivity contribution in [3.63, 3.8) is 0 Å². The Morgan fingerprint density at radius 3 is 2.36 bits per heavy atom. The van der Waals surface area contributed by atoms with Gasteiger partial charge in [0.1, 0.15) is 0 Å². The average molecular weight is 410 g/mol. The fourth-order valence-corrected chi connectivity index (χ4v) is 6.67. The lowest BCUT2D eigenvalue weighted by Gasteiger charge is -2.32. The van der Waals surface area contributed by atoms with Crippen molar-refractivity contribution in [2.24, 2.45) is 0 Å². The maximum atomic E-state index is 13.0. The first-order chi connectivity index (χ1) is 10.2. The van der Waals surface area contributed by atoms with Crippen LogP contribution in [0.15, 0.2) is 33.6 Å². The van der Waals surface area contributed by atoms with Gasteiger partial charge in [-0.3, -0.25) is 0 Å². The first-order valence-corrected chi connectivity index (χ1v) is 11.2. The van der Waals surface area contributed by atoms with Crippen LogP contribution in [0, 0.1) is 0 Å². The van der Waals surface area contributed by atoms with Crippen LogP contribution in [0.25, 0.3) is 0 Å². The number of hydrogen-bond acceptors (Lipinski definition) is 4. The molecular weight excluding hydrogens is 390 g/mol. The largest absolute Gasteiger partial charge is 0.243 e. The first-order valence-electron chi connectivity index (χ1n) is 7.17. The van der Waals surface area contributed by atoms with Crippen LogP contribution in [0.3, 0.4) is 0 Å². The zero-order valence-corrected chi connectivity index (χ0v) is 15.8. The highest BCUT2D eigenvalue weighted by Crippen LogP contribution is 2.28. The van der Waals surface area contributed by atoms with Gasteiger partial charge in [0.25, 0.3) is 0 Å². The van der Waals surface area contributed by atoms with Crippen molar-refractivity contribution in [2.75, 3.05) is 11.5 Å². The molecule has 1 fully saturated rings. The summed E-state index contributed by atoms with van der Waals surface area (Å²) in [7, 11) is -6.86. The third kappa shape index (κ3) is 3.72. The van der Waals surface area contributed by atoms with Gasteiger partial charge in [-0.25, -0.2) is 16.8 Å². The van der Waals surface area contributed by atoms with E-state index in [1.54, 1.807) is 12.1 Å². The standard InChI is InChI=1S/C14H20BrNO4S2/c1-3-11(2)16(13-8-9-21(17,18)10-13)22(19,20)14-6-4-12(15)5-7-14/h4-7,11,13H,3,8-10H2,1-2H3/t11-,13-/m0/s1. The molecule has 1 aromatic rings. The van der Waals surface area contributed by atoms with Gasteiger partial charge in [0.05, 0.1) is 16.4 Å². The summed E-state index contributed by atoms with van der Waals surface area (Å²) in [6.07, 6.45) is 0.995. The summed E-state index contributed by atoms with van der Waals surface area (Å²) in [4.78, 5) is 0.195. The summed E-state index contributed by atoms with van der Waals surface area (Å²) in [6.45, 7) is 3.72. The Labute approximate surface area is 140 Å². The van der Waals surface area contributed by atoms with Crippen LogP contribution in [0.2, 0.25) is 0 Å². The van der Waals surface area contributed by atoms with E-state index in [0.717, 1.165) is 4.47 Å². The molecule has 0 bridgehead atoms. The molecule has 1 aromatic carbocycles. The van der Waals surface area contributed by atoms with E-state index >= 15 is 0 Å². The van der Waals surface area contributed by atoms with Gasteiger partial charge < -0.3 is 0 Å². The Morgan fingerprint density at radius 1 is 1.32 bits per heavy atom. The molecule has 0 saturated carbocycles. The summed E-state index contributed by atoms with van der Waals surface area (Å²) in [5, 5.41) is 0. The lowest BCUT2D eigenvalue weighted by Crippen LogP contribution is -2.46. The molecule has 0 unspecified atom stereocenters. The highest BCUT2D eigenvalue weighted by molar-refractivity contribution is 9.10. The van der Waals surface area contributed by atoms with Gasteiger partial charge in [0.15, 0.2) is 9.84 Å². The average Bonchev–Trinajstić information content (AvgIpc) is 2.78. The van der Waals surface area contributed by atoms with Crippen molar-refractivity contribution in [2.45, 2.75) is 43.7 Å². The van der Waals surface area contributed by atoms with Crippen LogP contribution < -0.4 is 0 Å². The third-order valence-electron chi connectivity index (χ3n) is 3.98. The van der Waals surface area contributed by atoms with E-state index < -0.39 is 25.9 Å². The maximum absolute atomic E-state index is 13.0. The quantitative estimate of drug-likeness (QED) is 0.748. The lowest BCUT2D eigenvalue weighted by molar-refractivity contribution is 0.271. The van der Waals surface area contributed by atoms with Crippen LogP contribution in [0.4, 0.5) is 0 Å². The van der Waals surface area contributed by atoms with Crippen molar-refractivity contribution >= 4 is 35.8 Å². The minimum Gasteiger partial charge on any atom is -0.229 e. The molecule has 124 valence electrons. The highest BCUT2D eigenvalue weighted by Gasteiger charge is 2.40. The van der Waals surface area contributed by atoms with Crippen LogP contribution in [-0.2, 0) is 19.9 Å². The molecule has 2 rings (SSSR count). The molecular formula is C14H20BrNO4S2. The number of sulfonamides is 1. The summed E-state index contributed by atoms with van der Waals surface area (Å²) in [6, 6.07) is 5.71. The molecule has 22 heavy (non-hydrogen) atoms. The SMILES string of the molecule is CC[C@H](C)N([C@H]1CCS(=O)(=O)C1)S(=O)(=O)c1ccc(Br)cc1. The molecule has 1 aliphatic rings. The molecule has 0 amide bonds. The molecule has 5 nitrogen and oxygen atoms in total. The number of nitrogens with zero attached hydrogens (tertiary/aromatic N) is 1. The minimum absolute atomic E-state index is 0.0560. The topological polar surface area (TPSA) is 71.5 Å². The van der Waals surface area contributed by atoms with Gasteiger partial charge in [-0.2, -0.15) is 4.31 Å². The summed E-state index contributed by atoms with van der Waals surface area (Å²) in [5.41, 5.74) is 0. The fourth-order valence-electron chi connectivity index (χ4n) is 2.68. The molecule has 0 spiro atoms. The molecule has 1 heterocycles. The number of rotatable bonds is 5. The zero-order chi connectivity index (χ0) is 16.5. The van der Waals surface area contributed by atoms with Gasteiger partial charge in [0.2, 0.25) is 10.0 Å². The first kappa shape index (κ1) is 17.9. The van der Waals surface area contributed by atoms with Crippen molar-refractivity contribution in [3.05, 3.63) is 28.7 Å². The van der Waals surface area contributed by atoms with Crippen LogP contribution in [0.5, 0.6) is 0 Å².